The molecule has 5 heteroatoms. The summed E-state index contributed by atoms with van der Waals surface area (Å²) in [5, 5.41) is 22.7. The van der Waals surface area contributed by atoms with Crippen LogP contribution in [0.1, 0.15) is 23.1 Å². The molecule has 0 radical (unpaired) electrons. The Bertz CT molecular complexity index is 1010. The largest absolute Gasteiger partial charge is 0.485 e. The molecule has 1 spiro atoms. The molecule has 4 aliphatic rings. The minimum Gasteiger partial charge on any atom is -0.485 e. The summed E-state index contributed by atoms with van der Waals surface area (Å²) < 4.78 is 12.6. The molecule has 2 aliphatic heterocycles. The zero-order valence-corrected chi connectivity index (χ0v) is 16.4. The minimum atomic E-state index is -1.06. The van der Waals surface area contributed by atoms with Crippen LogP contribution < -0.4 is 9.47 Å². The van der Waals surface area contributed by atoms with Gasteiger partial charge in [-0.3, -0.25) is 4.90 Å². The van der Waals surface area contributed by atoms with Crippen molar-refractivity contribution in [1.82, 2.24) is 4.90 Å². The van der Waals surface area contributed by atoms with Gasteiger partial charge in [-0.05, 0) is 43.6 Å². The first-order chi connectivity index (χ1) is 14.0. The predicted molar refractivity (Wildman–Crippen MR) is 108 cm³/mol. The van der Waals surface area contributed by atoms with E-state index in [1.165, 1.54) is 5.56 Å². The summed E-state index contributed by atoms with van der Waals surface area (Å²) in [6.07, 6.45) is 3.78. The lowest BCUT2D eigenvalue weighted by Crippen LogP contribution is -2.75. The third-order valence-corrected chi connectivity index (χ3v) is 7.51. The molecule has 5 atom stereocenters. The molecule has 2 aromatic carbocycles. The number of likely N-dealkylation sites (N-methyl/N-ethyl adjacent to an activating group) is 1. The molecule has 2 bridgehead atoms. The highest BCUT2D eigenvalue weighted by atomic mass is 16.5. The van der Waals surface area contributed by atoms with E-state index in [4.69, 9.17) is 9.47 Å². The lowest BCUT2D eigenvalue weighted by molar-refractivity contribution is -0.151. The Balaban J connectivity index is 1.49. The minimum absolute atomic E-state index is 0.0272. The van der Waals surface area contributed by atoms with E-state index in [2.05, 4.69) is 18.0 Å². The quantitative estimate of drug-likeness (QED) is 0.786. The van der Waals surface area contributed by atoms with Crippen molar-refractivity contribution in [3.8, 4) is 11.5 Å². The molecule has 6 rings (SSSR count). The molecule has 0 aromatic heterocycles. The Kier molecular flexibility index (Phi) is 3.53. The fourth-order valence-corrected chi connectivity index (χ4v) is 6.12. The zero-order valence-electron chi connectivity index (χ0n) is 16.4. The molecule has 2 aromatic rings. The highest BCUT2D eigenvalue weighted by molar-refractivity contribution is 5.64. The summed E-state index contributed by atoms with van der Waals surface area (Å²) >= 11 is 0. The standard InChI is InChI=1S/C24H25NO4/c1-25-12-11-23-20-16-7-8-18(28-14-15-5-3-2-4-6-15)21(20)29-22(23)17(26)9-10-24(23,27)19(25)13-16/h2-10,17,19,22,26-27H,11-14H2,1H3/t17-,19-,22-,23-,24+/m0/s1. The fourth-order valence-electron chi connectivity index (χ4n) is 6.12. The van der Waals surface area contributed by atoms with Crippen molar-refractivity contribution in [2.24, 2.45) is 0 Å². The highest BCUT2D eigenvalue weighted by Crippen LogP contribution is 2.64. The van der Waals surface area contributed by atoms with Crippen LogP contribution in [0.2, 0.25) is 0 Å². The summed E-state index contributed by atoms with van der Waals surface area (Å²) in [5.41, 5.74) is 1.64. The van der Waals surface area contributed by atoms with Gasteiger partial charge in [0.15, 0.2) is 11.5 Å². The van der Waals surface area contributed by atoms with Crippen LogP contribution in [0.3, 0.4) is 0 Å². The molecule has 1 fully saturated rings. The topological polar surface area (TPSA) is 62.2 Å². The van der Waals surface area contributed by atoms with Gasteiger partial charge in [0.25, 0.3) is 0 Å². The molecule has 5 nitrogen and oxygen atoms in total. The van der Waals surface area contributed by atoms with E-state index in [1.54, 1.807) is 6.08 Å². The fraction of sp³-hybridized carbons (Fsp3) is 0.417. The summed E-state index contributed by atoms with van der Waals surface area (Å²) in [5.74, 6) is 1.39. The first-order valence-electron chi connectivity index (χ1n) is 10.3. The van der Waals surface area contributed by atoms with E-state index in [-0.39, 0.29) is 6.04 Å². The van der Waals surface area contributed by atoms with Gasteiger partial charge in [0.05, 0.1) is 5.41 Å². The zero-order chi connectivity index (χ0) is 19.8. The van der Waals surface area contributed by atoms with Crippen LogP contribution in [-0.2, 0) is 18.4 Å². The van der Waals surface area contributed by atoms with Crippen molar-refractivity contribution >= 4 is 0 Å². The van der Waals surface area contributed by atoms with Crippen LogP contribution in [0, 0.1) is 0 Å². The second-order valence-electron chi connectivity index (χ2n) is 8.84. The van der Waals surface area contributed by atoms with Gasteiger partial charge in [0.2, 0.25) is 0 Å². The molecule has 2 heterocycles. The number of likely N-dealkylation sites (tertiary alicyclic amines) is 1. The summed E-state index contributed by atoms with van der Waals surface area (Å²) in [6, 6.07) is 14.1. The number of rotatable bonds is 3. The molecule has 29 heavy (non-hydrogen) atoms. The second kappa shape index (κ2) is 5.85. The molecule has 2 N–H and O–H groups in total. The number of hydrogen-bond acceptors (Lipinski definition) is 5. The normalized spacial score (nSPS) is 36.4. The van der Waals surface area contributed by atoms with E-state index in [0.29, 0.717) is 18.1 Å². The number of aliphatic hydroxyl groups excluding tert-OH is 1. The van der Waals surface area contributed by atoms with Gasteiger partial charge in [-0.2, -0.15) is 0 Å². The monoisotopic (exact) mass is 391 g/mol. The molecule has 150 valence electrons. The van der Waals surface area contributed by atoms with Crippen molar-refractivity contribution in [3.05, 3.63) is 71.3 Å². The van der Waals surface area contributed by atoms with Crippen molar-refractivity contribution < 1.29 is 19.7 Å². The highest BCUT2D eigenvalue weighted by Gasteiger charge is 2.71. The van der Waals surface area contributed by atoms with Crippen LogP contribution in [0.25, 0.3) is 0 Å². The molecule has 0 saturated carbocycles. The number of benzene rings is 2. The summed E-state index contributed by atoms with van der Waals surface area (Å²) in [4.78, 5) is 2.24. The Morgan fingerprint density at radius 1 is 1.21 bits per heavy atom. The Morgan fingerprint density at radius 2 is 2.03 bits per heavy atom. The van der Waals surface area contributed by atoms with Gasteiger partial charge in [-0.25, -0.2) is 0 Å². The second-order valence-corrected chi connectivity index (χ2v) is 8.84. The molecule has 0 unspecified atom stereocenters. The molecule has 1 saturated heterocycles. The van der Waals surface area contributed by atoms with E-state index in [9.17, 15) is 10.2 Å². The van der Waals surface area contributed by atoms with Crippen molar-refractivity contribution in [3.63, 3.8) is 0 Å². The van der Waals surface area contributed by atoms with E-state index in [0.717, 1.165) is 30.5 Å². The molecule has 2 aliphatic carbocycles. The Labute approximate surface area is 170 Å². The van der Waals surface area contributed by atoms with Crippen molar-refractivity contribution in [1.29, 1.82) is 0 Å². The third kappa shape index (κ3) is 2.10. The summed E-state index contributed by atoms with van der Waals surface area (Å²) in [7, 11) is 2.07. The lowest BCUT2D eigenvalue weighted by Gasteiger charge is -2.61. The third-order valence-electron chi connectivity index (χ3n) is 7.51. The van der Waals surface area contributed by atoms with Crippen LogP contribution in [-0.4, -0.2) is 52.6 Å². The number of nitrogens with zero attached hydrogens (tertiary/aromatic N) is 1. The van der Waals surface area contributed by atoms with Gasteiger partial charge >= 0.3 is 0 Å². The maximum Gasteiger partial charge on any atom is 0.166 e. The van der Waals surface area contributed by atoms with Crippen LogP contribution >= 0.6 is 0 Å². The average Bonchev–Trinajstić information content (AvgIpc) is 3.09. The van der Waals surface area contributed by atoms with E-state index in [1.807, 2.05) is 42.5 Å². The van der Waals surface area contributed by atoms with Gasteiger partial charge in [0, 0.05) is 11.6 Å². The molecular weight excluding hydrogens is 366 g/mol. The summed E-state index contributed by atoms with van der Waals surface area (Å²) in [6.45, 7) is 1.31. The first-order valence-corrected chi connectivity index (χ1v) is 10.3. The number of ether oxygens (including phenoxy) is 2. The molecule has 0 amide bonds. The number of piperidine rings is 1. The first kappa shape index (κ1) is 17.5. The van der Waals surface area contributed by atoms with Gasteiger partial charge in [0.1, 0.15) is 24.4 Å². The van der Waals surface area contributed by atoms with Crippen molar-refractivity contribution in [2.75, 3.05) is 13.6 Å². The van der Waals surface area contributed by atoms with Crippen LogP contribution in [0.5, 0.6) is 11.5 Å². The Hall–Kier alpha value is -2.34. The number of aliphatic hydroxyl groups is 2. The van der Waals surface area contributed by atoms with Crippen LogP contribution in [0.4, 0.5) is 0 Å². The maximum atomic E-state index is 11.9. The lowest BCUT2D eigenvalue weighted by atomic mass is 9.50. The smallest absolute Gasteiger partial charge is 0.166 e. The van der Waals surface area contributed by atoms with Gasteiger partial charge in [-0.1, -0.05) is 48.6 Å². The maximum absolute atomic E-state index is 11.9. The van der Waals surface area contributed by atoms with Gasteiger partial charge in [-0.15, -0.1) is 0 Å². The number of hydrogen-bond donors (Lipinski definition) is 2. The van der Waals surface area contributed by atoms with Gasteiger partial charge < -0.3 is 19.7 Å². The van der Waals surface area contributed by atoms with Crippen molar-refractivity contribution in [2.45, 2.75) is 48.7 Å². The van der Waals surface area contributed by atoms with E-state index < -0.39 is 23.2 Å². The van der Waals surface area contributed by atoms with E-state index >= 15 is 0 Å². The van der Waals surface area contributed by atoms with Crippen LogP contribution in [0.15, 0.2) is 54.6 Å². The Morgan fingerprint density at radius 3 is 2.86 bits per heavy atom. The SMILES string of the molecule is CN1CC[C@]23c4c5ccc(OCc6ccccc6)c4O[C@H]2[C@@H](O)C=C[C@@]3(O)[C@@H]1C5. The average molecular weight is 391 g/mol. The molecular formula is C24H25NO4. The predicted octanol–water partition coefficient (Wildman–Crippen LogP) is 2.19.